The molecule has 0 bridgehead atoms. The van der Waals surface area contributed by atoms with Gasteiger partial charge in [-0.05, 0) is 50.2 Å². The summed E-state index contributed by atoms with van der Waals surface area (Å²) in [5, 5.41) is 18.3. The fourth-order valence-corrected chi connectivity index (χ4v) is 2.99. The van der Waals surface area contributed by atoms with Crippen LogP contribution in [0.25, 0.3) is 0 Å². The number of hydrogen-bond donors (Lipinski definition) is 1. The molecule has 1 heterocycles. The van der Waals surface area contributed by atoms with E-state index in [1.54, 1.807) is 0 Å². The van der Waals surface area contributed by atoms with Crippen molar-refractivity contribution >= 4 is 11.8 Å². The van der Waals surface area contributed by atoms with Gasteiger partial charge in [0.25, 0.3) is 0 Å². The van der Waals surface area contributed by atoms with Crippen LogP contribution in [-0.4, -0.2) is 28.6 Å². The minimum atomic E-state index is -0.808. The summed E-state index contributed by atoms with van der Waals surface area (Å²) in [6.45, 7) is 0.431. The SMILES string of the molecule is N#Cc1cc2c(nc1N(CCC(=O)O)C1CC1)CCCC2. The Labute approximate surface area is 124 Å². The van der Waals surface area contributed by atoms with Crippen molar-refractivity contribution < 1.29 is 9.90 Å². The quantitative estimate of drug-likeness (QED) is 0.898. The van der Waals surface area contributed by atoms with Gasteiger partial charge in [0.2, 0.25) is 0 Å². The van der Waals surface area contributed by atoms with E-state index in [4.69, 9.17) is 10.1 Å². The highest BCUT2D eigenvalue weighted by molar-refractivity contribution is 5.68. The number of pyridine rings is 1. The van der Waals surface area contributed by atoms with Crippen molar-refractivity contribution in [1.29, 1.82) is 5.26 Å². The van der Waals surface area contributed by atoms with Crippen LogP contribution in [0, 0.1) is 11.3 Å². The number of carbonyl (C=O) groups is 1. The number of anilines is 1. The zero-order chi connectivity index (χ0) is 14.8. The van der Waals surface area contributed by atoms with Gasteiger partial charge in [-0.15, -0.1) is 0 Å². The van der Waals surface area contributed by atoms with Crippen molar-refractivity contribution in [3.8, 4) is 6.07 Å². The summed E-state index contributed by atoms with van der Waals surface area (Å²) >= 11 is 0. The van der Waals surface area contributed by atoms with Crippen LogP contribution >= 0.6 is 0 Å². The Morgan fingerprint density at radius 1 is 1.43 bits per heavy atom. The van der Waals surface area contributed by atoms with Crippen LogP contribution in [0.5, 0.6) is 0 Å². The maximum atomic E-state index is 10.9. The van der Waals surface area contributed by atoms with Crippen molar-refractivity contribution in [2.75, 3.05) is 11.4 Å². The minimum Gasteiger partial charge on any atom is -0.481 e. The minimum absolute atomic E-state index is 0.0835. The molecule has 5 heteroatoms. The van der Waals surface area contributed by atoms with Crippen LogP contribution in [-0.2, 0) is 17.6 Å². The molecule has 2 aliphatic carbocycles. The number of fused-ring (bicyclic) bond motifs is 1. The molecular formula is C16H19N3O2. The Hall–Kier alpha value is -2.09. The highest BCUT2D eigenvalue weighted by Gasteiger charge is 2.32. The molecular weight excluding hydrogens is 266 g/mol. The second kappa shape index (κ2) is 5.72. The lowest BCUT2D eigenvalue weighted by molar-refractivity contribution is -0.136. The number of nitrogens with zero attached hydrogens (tertiary/aromatic N) is 3. The van der Waals surface area contributed by atoms with Crippen LogP contribution in [0.4, 0.5) is 5.82 Å². The molecule has 3 rings (SSSR count). The molecule has 0 aromatic carbocycles. The number of nitriles is 1. The van der Waals surface area contributed by atoms with Gasteiger partial charge in [0.1, 0.15) is 11.9 Å². The summed E-state index contributed by atoms with van der Waals surface area (Å²) < 4.78 is 0. The third-order valence-corrected chi connectivity index (χ3v) is 4.23. The normalized spacial score (nSPS) is 16.9. The number of aliphatic carboxylic acids is 1. The Balaban J connectivity index is 1.94. The average molecular weight is 285 g/mol. The Bertz CT molecular complexity index is 602. The summed E-state index contributed by atoms with van der Waals surface area (Å²) in [5.74, 6) is -0.112. The topological polar surface area (TPSA) is 77.2 Å². The third-order valence-electron chi connectivity index (χ3n) is 4.23. The highest BCUT2D eigenvalue weighted by atomic mass is 16.4. The van der Waals surface area contributed by atoms with Crippen molar-refractivity contribution in [2.45, 2.75) is 51.0 Å². The summed E-state index contributed by atoms with van der Waals surface area (Å²) in [5.41, 5.74) is 2.87. The predicted molar refractivity (Wildman–Crippen MR) is 78.2 cm³/mol. The summed E-state index contributed by atoms with van der Waals surface area (Å²) in [6, 6.07) is 4.56. The van der Waals surface area contributed by atoms with Crippen molar-refractivity contribution in [3.05, 3.63) is 22.9 Å². The van der Waals surface area contributed by atoms with E-state index >= 15 is 0 Å². The van der Waals surface area contributed by atoms with Crippen LogP contribution in [0.3, 0.4) is 0 Å². The number of hydrogen-bond acceptors (Lipinski definition) is 4. The molecule has 21 heavy (non-hydrogen) atoms. The Morgan fingerprint density at radius 2 is 2.19 bits per heavy atom. The first-order chi connectivity index (χ1) is 10.2. The van der Waals surface area contributed by atoms with E-state index in [1.165, 1.54) is 5.56 Å². The molecule has 0 radical (unpaired) electrons. The third kappa shape index (κ3) is 2.99. The first-order valence-electron chi connectivity index (χ1n) is 7.60. The zero-order valence-corrected chi connectivity index (χ0v) is 12.0. The molecule has 0 atom stereocenters. The lowest BCUT2D eigenvalue weighted by Gasteiger charge is -2.26. The van der Waals surface area contributed by atoms with Gasteiger partial charge in [-0.25, -0.2) is 4.98 Å². The van der Waals surface area contributed by atoms with Crippen molar-refractivity contribution in [2.24, 2.45) is 0 Å². The van der Waals surface area contributed by atoms with E-state index in [0.29, 0.717) is 24.0 Å². The van der Waals surface area contributed by atoms with E-state index in [1.807, 2.05) is 11.0 Å². The van der Waals surface area contributed by atoms with E-state index in [2.05, 4.69) is 6.07 Å². The van der Waals surface area contributed by atoms with E-state index in [-0.39, 0.29) is 6.42 Å². The van der Waals surface area contributed by atoms with Crippen LogP contribution < -0.4 is 4.90 Å². The Kier molecular flexibility index (Phi) is 3.78. The number of rotatable bonds is 5. The van der Waals surface area contributed by atoms with Gasteiger partial charge in [0.15, 0.2) is 0 Å². The van der Waals surface area contributed by atoms with Crippen molar-refractivity contribution in [3.63, 3.8) is 0 Å². The standard InChI is InChI=1S/C16H19N3O2/c17-10-12-9-11-3-1-2-4-14(11)18-16(12)19(13-5-6-13)8-7-15(20)21/h9,13H,1-8H2,(H,20,21). The molecule has 1 saturated carbocycles. The summed E-state index contributed by atoms with van der Waals surface area (Å²) in [4.78, 5) is 17.6. The molecule has 5 nitrogen and oxygen atoms in total. The Morgan fingerprint density at radius 3 is 2.86 bits per heavy atom. The van der Waals surface area contributed by atoms with Crippen LogP contribution in [0.1, 0.15) is 48.9 Å². The van der Waals surface area contributed by atoms with Crippen LogP contribution in [0.2, 0.25) is 0 Å². The van der Waals surface area contributed by atoms with E-state index in [0.717, 1.165) is 44.2 Å². The molecule has 0 aliphatic heterocycles. The van der Waals surface area contributed by atoms with Gasteiger partial charge in [-0.1, -0.05) is 0 Å². The fourth-order valence-electron chi connectivity index (χ4n) is 2.99. The maximum Gasteiger partial charge on any atom is 0.305 e. The number of aromatic nitrogens is 1. The van der Waals surface area contributed by atoms with Gasteiger partial charge in [-0.2, -0.15) is 5.26 Å². The molecule has 1 aromatic rings. The number of aryl methyl sites for hydroxylation is 2. The number of carboxylic acids is 1. The monoisotopic (exact) mass is 285 g/mol. The smallest absolute Gasteiger partial charge is 0.305 e. The first kappa shape index (κ1) is 13.9. The van der Waals surface area contributed by atoms with Gasteiger partial charge in [0.05, 0.1) is 12.0 Å². The molecule has 0 unspecified atom stereocenters. The van der Waals surface area contributed by atoms with Gasteiger partial charge >= 0.3 is 5.97 Å². The lowest BCUT2D eigenvalue weighted by atomic mass is 9.95. The summed E-state index contributed by atoms with van der Waals surface area (Å²) in [6.07, 6.45) is 6.46. The average Bonchev–Trinajstić information content (AvgIpc) is 3.31. The molecule has 110 valence electrons. The maximum absolute atomic E-state index is 10.9. The fraction of sp³-hybridized carbons (Fsp3) is 0.562. The molecule has 0 spiro atoms. The van der Waals surface area contributed by atoms with Gasteiger partial charge < -0.3 is 10.0 Å². The van der Waals surface area contributed by atoms with Gasteiger partial charge in [-0.3, -0.25) is 4.79 Å². The second-order valence-electron chi connectivity index (χ2n) is 5.85. The van der Waals surface area contributed by atoms with Gasteiger partial charge in [0, 0.05) is 18.3 Å². The molecule has 0 saturated heterocycles. The lowest BCUT2D eigenvalue weighted by Crippen LogP contribution is -2.30. The molecule has 2 aliphatic rings. The first-order valence-corrected chi connectivity index (χ1v) is 7.60. The van der Waals surface area contributed by atoms with Crippen LogP contribution in [0.15, 0.2) is 6.07 Å². The molecule has 1 N–H and O–H groups in total. The largest absolute Gasteiger partial charge is 0.481 e. The molecule has 0 amide bonds. The second-order valence-corrected chi connectivity index (χ2v) is 5.85. The highest BCUT2D eigenvalue weighted by Crippen LogP contribution is 2.34. The molecule has 1 aromatic heterocycles. The number of carboxylic acid groups (broad SMARTS) is 1. The van der Waals surface area contributed by atoms with Crippen molar-refractivity contribution in [1.82, 2.24) is 4.98 Å². The summed E-state index contributed by atoms with van der Waals surface area (Å²) in [7, 11) is 0. The van der Waals surface area contributed by atoms with E-state index < -0.39 is 5.97 Å². The molecule has 1 fully saturated rings. The van der Waals surface area contributed by atoms with E-state index in [9.17, 15) is 10.1 Å². The zero-order valence-electron chi connectivity index (χ0n) is 12.0. The predicted octanol–water partition coefficient (Wildman–Crippen LogP) is 2.28.